The molecule has 0 aromatic carbocycles. The van der Waals surface area contributed by atoms with E-state index in [-0.39, 0.29) is 17.8 Å². The monoisotopic (exact) mass is 244 g/mol. The predicted molar refractivity (Wildman–Crippen MR) is 71.2 cm³/mol. The van der Waals surface area contributed by atoms with Gasteiger partial charge in [0.1, 0.15) is 0 Å². The predicted octanol–water partition coefficient (Wildman–Crippen LogP) is 3.55. The quantitative estimate of drug-likeness (QED) is 0.630. The van der Waals surface area contributed by atoms with E-state index in [1.165, 1.54) is 0 Å². The van der Waals surface area contributed by atoms with Crippen LogP contribution in [0.3, 0.4) is 0 Å². The molecule has 4 atom stereocenters. The van der Waals surface area contributed by atoms with Gasteiger partial charge in [-0.25, -0.2) is 0 Å². The molecule has 17 heavy (non-hydrogen) atoms. The zero-order valence-electron chi connectivity index (χ0n) is 11.9. The smallest absolute Gasteiger partial charge is 0.0905 e. The average molecular weight is 244 g/mol. The first kappa shape index (κ1) is 16.5. The maximum atomic E-state index is 9.44. The highest BCUT2D eigenvalue weighted by Crippen LogP contribution is 2.25. The second kappa shape index (κ2) is 8.54. The van der Waals surface area contributed by atoms with Gasteiger partial charge >= 0.3 is 0 Å². The molecule has 0 spiro atoms. The molecule has 0 aromatic heterocycles. The van der Waals surface area contributed by atoms with Crippen molar-refractivity contribution in [2.45, 2.75) is 52.2 Å². The van der Waals surface area contributed by atoms with E-state index >= 15 is 0 Å². The van der Waals surface area contributed by atoms with Gasteiger partial charge in [0.25, 0.3) is 0 Å². The Morgan fingerprint density at radius 2 is 1.76 bits per heavy atom. The summed E-state index contributed by atoms with van der Waals surface area (Å²) in [5, 5.41) is 9.44. The third kappa shape index (κ3) is 5.55. The maximum Gasteiger partial charge on any atom is 0.0905 e. The van der Waals surface area contributed by atoms with E-state index in [4.69, 9.17) is 9.47 Å². The lowest BCUT2D eigenvalue weighted by Crippen LogP contribution is -2.29. The second-order valence-electron chi connectivity index (χ2n) is 4.80. The summed E-state index contributed by atoms with van der Waals surface area (Å²) >= 11 is 0. The fourth-order valence-corrected chi connectivity index (χ4v) is 2.22. The molecular formula is C14H28O3. The molecule has 1 N–H and O–H groups in total. The fourth-order valence-electron chi connectivity index (χ4n) is 2.22. The summed E-state index contributed by atoms with van der Waals surface area (Å²) in [6, 6.07) is 0. The van der Waals surface area contributed by atoms with Crippen LogP contribution in [0, 0.1) is 11.8 Å². The molecule has 0 aliphatic rings. The van der Waals surface area contributed by atoms with Gasteiger partial charge in [-0.15, -0.1) is 0 Å². The zero-order chi connectivity index (χ0) is 13.4. The summed E-state index contributed by atoms with van der Waals surface area (Å²) in [7, 11) is 3.44. The molecule has 0 saturated carbocycles. The molecule has 0 saturated heterocycles. The molecule has 0 aliphatic carbocycles. The Hall–Kier alpha value is -0.540. The van der Waals surface area contributed by atoms with Crippen LogP contribution >= 0.6 is 0 Å². The van der Waals surface area contributed by atoms with Crippen LogP contribution in [-0.2, 0) is 9.47 Å². The lowest BCUT2D eigenvalue weighted by molar-refractivity contribution is 0.00630. The van der Waals surface area contributed by atoms with Gasteiger partial charge in [-0.3, -0.25) is 0 Å². The molecule has 0 aliphatic heterocycles. The second-order valence-corrected chi connectivity index (χ2v) is 4.80. The van der Waals surface area contributed by atoms with Crippen molar-refractivity contribution in [3.05, 3.63) is 12.3 Å². The molecule has 3 nitrogen and oxygen atoms in total. The minimum absolute atomic E-state index is 0.0156. The topological polar surface area (TPSA) is 38.7 Å². The van der Waals surface area contributed by atoms with E-state index in [9.17, 15) is 5.11 Å². The van der Waals surface area contributed by atoms with Crippen LogP contribution < -0.4 is 0 Å². The maximum absolute atomic E-state index is 9.44. The van der Waals surface area contributed by atoms with E-state index in [1.807, 2.05) is 6.92 Å². The molecule has 0 fully saturated rings. The van der Waals surface area contributed by atoms with E-state index < -0.39 is 0 Å². The van der Waals surface area contributed by atoms with Crippen molar-refractivity contribution >= 4 is 0 Å². The first-order valence-electron chi connectivity index (χ1n) is 6.41. The molecule has 0 rings (SSSR count). The molecule has 0 amide bonds. The standard InChI is InChI=1S/C14H28O3/c1-7-13(16-5)9-8-10(2)14(17-6)11(3)12(4)15/h10-11,13-15H,4,7-9H2,1-3,5-6H3/t10-,11?,13?,14?/m0/s1. The first-order valence-corrected chi connectivity index (χ1v) is 6.41. The summed E-state index contributed by atoms with van der Waals surface area (Å²) in [6.45, 7) is 9.81. The van der Waals surface area contributed by atoms with Crippen LogP contribution in [-0.4, -0.2) is 31.5 Å². The van der Waals surface area contributed by atoms with Gasteiger partial charge in [0.15, 0.2) is 0 Å². The Morgan fingerprint density at radius 3 is 2.12 bits per heavy atom. The molecule has 0 bridgehead atoms. The van der Waals surface area contributed by atoms with E-state index in [1.54, 1.807) is 14.2 Å². The third-order valence-corrected chi connectivity index (χ3v) is 3.58. The van der Waals surface area contributed by atoms with Gasteiger partial charge < -0.3 is 14.6 Å². The number of aliphatic hydroxyl groups excluding tert-OH is 1. The lowest BCUT2D eigenvalue weighted by atomic mass is 9.88. The third-order valence-electron chi connectivity index (χ3n) is 3.58. The lowest BCUT2D eigenvalue weighted by Gasteiger charge is -2.28. The number of ether oxygens (including phenoxy) is 2. The SMILES string of the molecule is C=C(O)C(C)C(OC)[C@@H](C)CCC(CC)OC. The molecule has 102 valence electrons. The van der Waals surface area contributed by atoms with Crippen LogP contribution in [0.4, 0.5) is 0 Å². The highest BCUT2D eigenvalue weighted by molar-refractivity contribution is 4.92. The van der Waals surface area contributed by atoms with E-state index in [0.717, 1.165) is 19.3 Å². The Balaban J connectivity index is 4.25. The molecule has 3 heteroatoms. The number of methoxy groups -OCH3 is 2. The van der Waals surface area contributed by atoms with Crippen molar-refractivity contribution < 1.29 is 14.6 Å². The number of rotatable bonds is 9. The fraction of sp³-hybridized carbons (Fsp3) is 0.857. The van der Waals surface area contributed by atoms with Crippen LogP contribution in [0.1, 0.15) is 40.0 Å². The number of aliphatic hydroxyl groups is 1. The largest absolute Gasteiger partial charge is 0.513 e. The Kier molecular flexibility index (Phi) is 8.26. The van der Waals surface area contributed by atoms with Crippen LogP contribution in [0.25, 0.3) is 0 Å². The minimum Gasteiger partial charge on any atom is -0.513 e. The van der Waals surface area contributed by atoms with Gasteiger partial charge in [0.05, 0.1) is 18.0 Å². The summed E-state index contributed by atoms with van der Waals surface area (Å²) < 4.78 is 10.8. The van der Waals surface area contributed by atoms with Crippen molar-refractivity contribution in [1.82, 2.24) is 0 Å². The van der Waals surface area contributed by atoms with Crippen LogP contribution in [0.5, 0.6) is 0 Å². The zero-order valence-corrected chi connectivity index (χ0v) is 11.9. The summed E-state index contributed by atoms with van der Waals surface area (Å²) in [5.74, 6) is 0.545. The summed E-state index contributed by atoms with van der Waals surface area (Å²) in [6.07, 6.45) is 3.43. The van der Waals surface area contributed by atoms with Crippen molar-refractivity contribution in [2.24, 2.45) is 11.8 Å². The van der Waals surface area contributed by atoms with Crippen LogP contribution in [0.15, 0.2) is 12.3 Å². The van der Waals surface area contributed by atoms with Gasteiger partial charge in [-0.1, -0.05) is 27.4 Å². The Labute approximate surface area is 106 Å². The average Bonchev–Trinajstić information content (AvgIpc) is 2.31. The Morgan fingerprint density at radius 1 is 1.18 bits per heavy atom. The van der Waals surface area contributed by atoms with Crippen molar-refractivity contribution in [3.8, 4) is 0 Å². The number of hydrogen-bond acceptors (Lipinski definition) is 3. The van der Waals surface area contributed by atoms with Crippen molar-refractivity contribution in [1.29, 1.82) is 0 Å². The van der Waals surface area contributed by atoms with Gasteiger partial charge in [-0.05, 0) is 25.2 Å². The molecule has 0 radical (unpaired) electrons. The van der Waals surface area contributed by atoms with Crippen LogP contribution in [0.2, 0.25) is 0 Å². The highest BCUT2D eigenvalue weighted by Gasteiger charge is 2.25. The molecule has 3 unspecified atom stereocenters. The molecular weight excluding hydrogens is 216 g/mol. The molecule has 0 aromatic rings. The van der Waals surface area contributed by atoms with Gasteiger partial charge in [-0.2, -0.15) is 0 Å². The van der Waals surface area contributed by atoms with E-state index in [0.29, 0.717) is 12.0 Å². The summed E-state index contributed by atoms with van der Waals surface area (Å²) in [4.78, 5) is 0. The van der Waals surface area contributed by atoms with Gasteiger partial charge in [0.2, 0.25) is 0 Å². The van der Waals surface area contributed by atoms with E-state index in [2.05, 4.69) is 20.4 Å². The van der Waals surface area contributed by atoms with Crippen molar-refractivity contribution in [2.75, 3.05) is 14.2 Å². The normalized spacial score (nSPS) is 18.4. The van der Waals surface area contributed by atoms with Crippen molar-refractivity contribution in [3.63, 3.8) is 0 Å². The molecule has 0 heterocycles. The van der Waals surface area contributed by atoms with Gasteiger partial charge in [0, 0.05) is 20.1 Å². The summed E-state index contributed by atoms with van der Waals surface area (Å²) in [5.41, 5.74) is 0. The number of hydrogen-bond donors (Lipinski definition) is 1. The first-order chi connectivity index (χ1) is 7.97. The Bertz CT molecular complexity index is 212. The highest BCUT2D eigenvalue weighted by atomic mass is 16.5. The minimum atomic E-state index is -0.0300.